The van der Waals surface area contributed by atoms with E-state index in [1.165, 1.54) is 17.0 Å². The Labute approximate surface area is 254 Å². The van der Waals surface area contributed by atoms with Crippen LogP contribution < -0.4 is 5.32 Å². The summed E-state index contributed by atoms with van der Waals surface area (Å²) in [6, 6.07) is 33.2. The highest BCUT2D eigenvalue weighted by Gasteiger charge is 2.43. The van der Waals surface area contributed by atoms with E-state index in [4.69, 9.17) is 4.74 Å². The van der Waals surface area contributed by atoms with E-state index < -0.39 is 24.1 Å². The topological polar surface area (TPSA) is 58.6 Å². The molecule has 1 heterocycles. The van der Waals surface area contributed by atoms with E-state index >= 15 is 0 Å². The van der Waals surface area contributed by atoms with Gasteiger partial charge in [0, 0.05) is 10.2 Å². The van der Waals surface area contributed by atoms with E-state index in [-0.39, 0.29) is 24.2 Å². The molecule has 0 spiro atoms. The number of carbonyl (C=O) groups excluding carboxylic acids is 2. The Morgan fingerprint density at radius 1 is 0.905 bits per heavy atom. The molecule has 0 aliphatic carbocycles. The molecule has 1 saturated heterocycles. The zero-order chi connectivity index (χ0) is 29.5. The molecule has 0 saturated carbocycles. The van der Waals surface area contributed by atoms with Gasteiger partial charge in [-0.15, -0.1) is 0 Å². The molecular formula is C35H34BrFN2O3. The van der Waals surface area contributed by atoms with Gasteiger partial charge in [-0.1, -0.05) is 95.7 Å². The van der Waals surface area contributed by atoms with Crippen molar-refractivity contribution in [3.8, 4) is 0 Å². The number of cyclic esters (lactones) is 1. The Bertz CT molecular complexity index is 1470. The van der Waals surface area contributed by atoms with Gasteiger partial charge >= 0.3 is 6.09 Å². The number of hydrogen-bond donors (Lipinski definition) is 1. The highest BCUT2D eigenvalue weighted by Crippen LogP contribution is 2.36. The standard InChI is InChI=1S/C35H34BrFN2O3/c1-24(26-15-19-29(37)20-16-26)12-21-32(33(27-13-17-28(36)18-14-27)38-30-10-6-3-7-11-30)34(40)39-31(23-42-35(39)41)22-25-8-4-2-5-9-25/h2-11,13-20,24,31-33,38H,12,21-23H2,1H3/t24-,31-,32+,33+/m0/s1. The van der Waals surface area contributed by atoms with Gasteiger partial charge in [0.2, 0.25) is 5.91 Å². The molecule has 5 rings (SSSR count). The molecule has 1 aliphatic rings. The fourth-order valence-corrected chi connectivity index (χ4v) is 5.83. The van der Waals surface area contributed by atoms with Gasteiger partial charge in [-0.2, -0.15) is 0 Å². The van der Waals surface area contributed by atoms with Crippen LogP contribution in [0.2, 0.25) is 0 Å². The second kappa shape index (κ2) is 13.8. The summed E-state index contributed by atoms with van der Waals surface area (Å²) < 4.78 is 20.0. The number of para-hydroxylation sites is 1. The van der Waals surface area contributed by atoms with E-state index in [2.05, 4.69) is 28.2 Å². The van der Waals surface area contributed by atoms with Gasteiger partial charge in [0.1, 0.15) is 12.4 Å². The molecule has 2 amide bonds. The summed E-state index contributed by atoms with van der Waals surface area (Å²) in [6.07, 6.45) is 1.08. The monoisotopic (exact) mass is 628 g/mol. The Kier molecular flexibility index (Phi) is 9.70. The van der Waals surface area contributed by atoms with Crippen LogP contribution in [0.5, 0.6) is 0 Å². The van der Waals surface area contributed by atoms with Crippen LogP contribution in [0.15, 0.2) is 114 Å². The number of ether oxygens (including phenoxy) is 1. The summed E-state index contributed by atoms with van der Waals surface area (Å²) in [6.45, 7) is 2.24. The number of halogens is 2. The predicted molar refractivity (Wildman–Crippen MR) is 167 cm³/mol. The maximum Gasteiger partial charge on any atom is 0.416 e. The first kappa shape index (κ1) is 29.5. The molecule has 4 atom stereocenters. The number of imide groups is 1. The number of benzene rings is 4. The van der Waals surface area contributed by atoms with Crippen LogP contribution in [0.3, 0.4) is 0 Å². The third-order valence-corrected chi connectivity index (χ3v) is 8.44. The van der Waals surface area contributed by atoms with E-state index in [9.17, 15) is 14.0 Å². The number of rotatable bonds is 11. The van der Waals surface area contributed by atoms with Crippen LogP contribution in [0.25, 0.3) is 0 Å². The molecule has 0 aromatic heterocycles. The van der Waals surface area contributed by atoms with Crippen molar-refractivity contribution in [2.24, 2.45) is 5.92 Å². The Morgan fingerprint density at radius 2 is 1.52 bits per heavy atom. The average molecular weight is 630 g/mol. The molecule has 0 bridgehead atoms. The number of nitrogens with one attached hydrogen (secondary N) is 1. The van der Waals surface area contributed by atoms with Crippen LogP contribution >= 0.6 is 15.9 Å². The largest absolute Gasteiger partial charge is 0.447 e. The average Bonchev–Trinajstić information content (AvgIpc) is 3.37. The first-order chi connectivity index (χ1) is 20.4. The minimum Gasteiger partial charge on any atom is -0.447 e. The Morgan fingerprint density at radius 3 is 2.19 bits per heavy atom. The van der Waals surface area contributed by atoms with Gasteiger partial charge in [-0.05, 0) is 78.3 Å². The second-order valence-corrected chi connectivity index (χ2v) is 11.7. The first-order valence-electron chi connectivity index (χ1n) is 14.3. The van der Waals surface area contributed by atoms with Gasteiger partial charge in [-0.25, -0.2) is 14.1 Å². The van der Waals surface area contributed by atoms with Gasteiger partial charge in [0.05, 0.1) is 18.0 Å². The van der Waals surface area contributed by atoms with E-state index in [0.29, 0.717) is 19.3 Å². The fourth-order valence-electron chi connectivity index (χ4n) is 5.57. The van der Waals surface area contributed by atoms with E-state index in [0.717, 1.165) is 26.9 Å². The molecule has 1 aliphatic heterocycles. The van der Waals surface area contributed by atoms with Crippen molar-refractivity contribution in [1.29, 1.82) is 0 Å². The first-order valence-corrected chi connectivity index (χ1v) is 15.0. The fraction of sp³-hybridized carbons (Fsp3) is 0.257. The highest BCUT2D eigenvalue weighted by atomic mass is 79.9. The summed E-state index contributed by atoms with van der Waals surface area (Å²) in [5.41, 5.74) is 3.84. The Hall–Kier alpha value is -3.97. The van der Waals surface area contributed by atoms with Crippen molar-refractivity contribution in [3.05, 3.63) is 136 Å². The maximum atomic E-state index is 14.5. The van der Waals surface area contributed by atoms with Crippen LogP contribution in [0.1, 0.15) is 48.4 Å². The molecule has 1 N–H and O–H groups in total. The second-order valence-electron chi connectivity index (χ2n) is 10.8. The predicted octanol–water partition coefficient (Wildman–Crippen LogP) is 8.53. The molecule has 1 fully saturated rings. The maximum absolute atomic E-state index is 14.5. The molecule has 0 unspecified atom stereocenters. The summed E-state index contributed by atoms with van der Waals surface area (Å²) in [5.74, 6) is -1.05. The zero-order valence-corrected chi connectivity index (χ0v) is 25.0. The van der Waals surface area contributed by atoms with Crippen molar-refractivity contribution in [2.45, 2.75) is 44.2 Å². The van der Waals surface area contributed by atoms with Crippen LogP contribution in [-0.4, -0.2) is 29.5 Å². The van der Waals surface area contributed by atoms with Crippen molar-refractivity contribution in [2.75, 3.05) is 11.9 Å². The molecule has 4 aromatic carbocycles. The van der Waals surface area contributed by atoms with Crippen LogP contribution in [-0.2, 0) is 16.0 Å². The van der Waals surface area contributed by atoms with Gasteiger partial charge < -0.3 is 10.1 Å². The third-order valence-electron chi connectivity index (χ3n) is 7.91. The van der Waals surface area contributed by atoms with Crippen molar-refractivity contribution < 1.29 is 18.7 Å². The van der Waals surface area contributed by atoms with Gasteiger partial charge in [0.15, 0.2) is 0 Å². The number of hydrogen-bond acceptors (Lipinski definition) is 4. The molecular weight excluding hydrogens is 595 g/mol. The van der Waals surface area contributed by atoms with Crippen LogP contribution in [0.4, 0.5) is 14.9 Å². The molecule has 4 aromatic rings. The SMILES string of the molecule is C[C@@H](CC[C@@H](C(=O)N1C(=O)OC[C@@H]1Cc1ccccc1)[C@H](Nc1ccccc1)c1ccc(Br)cc1)c1ccc(F)cc1. The molecule has 0 radical (unpaired) electrons. The molecule has 5 nitrogen and oxygen atoms in total. The number of anilines is 1. The lowest BCUT2D eigenvalue weighted by Gasteiger charge is -2.33. The van der Waals surface area contributed by atoms with Crippen molar-refractivity contribution in [1.82, 2.24) is 4.90 Å². The smallest absolute Gasteiger partial charge is 0.416 e. The summed E-state index contributed by atoms with van der Waals surface area (Å²) in [7, 11) is 0. The lowest BCUT2D eigenvalue weighted by atomic mass is 9.84. The summed E-state index contributed by atoms with van der Waals surface area (Å²) in [5, 5.41) is 3.61. The van der Waals surface area contributed by atoms with Crippen molar-refractivity contribution >= 4 is 33.6 Å². The molecule has 216 valence electrons. The van der Waals surface area contributed by atoms with E-state index in [1.54, 1.807) is 12.1 Å². The number of carbonyl (C=O) groups is 2. The zero-order valence-electron chi connectivity index (χ0n) is 23.5. The summed E-state index contributed by atoms with van der Waals surface area (Å²) >= 11 is 3.53. The number of nitrogens with zero attached hydrogens (tertiary/aromatic N) is 1. The minimum absolute atomic E-state index is 0.0776. The van der Waals surface area contributed by atoms with Gasteiger partial charge in [-0.3, -0.25) is 4.79 Å². The van der Waals surface area contributed by atoms with Gasteiger partial charge in [0.25, 0.3) is 0 Å². The van der Waals surface area contributed by atoms with E-state index in [1.807, 2.05) is 84.9 Å². The lowest BCUT2D eigenvalue weighted by molar-refractivity contribution is -0.134. The Balaban J connectivity index is 1.49. The van der Waals surface area contributed by atoms with Crippen LogP contribution in [0, 0.1) is 11.7 Å². The molecule has 42 heavy (non-hydrogen) atoms. The normalized spacial score (nSPS) is 16.9. The quantitative estimate of drug-likeness (QED) is 0.181. The third kappa shape index (κ3) is 7.26. The highest BCUT2D eigenvalue weighted by molar-refractivity contribution is 9.10. The minimum atomic E-state index is -0.605. The molecule has 7 heteroatoms. The number of amides is 2. The lowest BCUT2D eigenvalue weighted by Crippen LogP contribution is -2.46. The van der Waals surface area contributed by atoms with Crippen molar-refractivity contribution in [3.63, 3.8) is 0 Å². The summed E-state index contributed by atoms with van der Waals surface area (Å²) in [4.78, 5) is 29.0.